The van der Waals surface area contributed by atoms with Crippen molar-refractivity contribution in [3.63, 3.8) is 0 Å². The van der Waals surface area contributed by atoms with Crippen LogP contribution in [-0.4, -0.2) is 41.0 Å². The molecule has 1 aromatic rings. The van der Waals surface area contributed by atoms with Gasteiger partial charge < -0.3 is 15.3 Å². The lowest BCUT2D eigenvalue weighted by atomic mass is 10.1. The van der Waals surface area contributed by atoms with Crippen molar-refractivity contribution in [3.05, 3.63) is 21.4 Å². The van der Waals surface area contributed by atoms with E-state index in [9.17, 15) is 9.59 Å². The number of carbonyl (C=O) groups excluding carboxylic acids is 1. The van der Waals surface area contributed by atoms with Crippen molar-refractivity contribution < 1.29 is 14.7 Å². The van der Waals surface area contributed by atoms with Crippen LogP contribution in [-0.2, 0) is 11.3 Å². The van der Waals surface area contributed by atoms with Gasteiger partial charge in [0.05, 0.1) is 6.04 Å². The zero-order valence-electron chi connectivity index (χ0n) is 12.5. The van der Waals surface area contributed by atoms with Crippen molar-refractivity contribution in [3.8, 4) is 0 Å². The quantitative estimate of drug-likeness (QED) is 0.875. The van der Waals surface area contributed by atoms with Crippen molar-refractivity contribution >= 4 is 23.2 Å². The number of hydrogen-bond donors (Lipinski definition) is 2. The molecule has 0 radical (unpaired) electrons. The first-order valence-corrected chi connectivity index (χ1v) is 8.15. The number of aromatic carboxylic acids is 1. The first-order valence-electron chi connectivity index (χ1n) is 7.34. The summed E-state index contributed by atoms with van der Waals surface area (Å²) in [6.45, 7) is 6.01. The number of hydrogen-bond acceptors (Lipinski definition) is 4. The third kappa shape index (κ3) is 4.04. The molecule has 1 fully saturated rings. The molecule has 0 spiro atoms. The second kappa shape index (κ2) is 7.04. The molecule has 1 saturated heterocycles. The number of amides is 1. The largest absolute Gasteiger partial charge is 0.477 e. The van der Waals surface area contributed by atoms with Crippen LogP contribution in [0.1, 0.15) is 46.3 Å². The highest BCUT2D eigenvalue weighted by molar-refractivity contribution is 7.14. The van der Waals surface area contributed by atoms with Crippen molar-refractivity contribution in [2.45, 2.75) is 45.7 Å². The maximum Gasteiger partial charge on any atom is 0.345 e. The van der Waals surface area contributed by atoms with Gasteiger partial charge in [0.1, 0.15) is 4.88 Å². The Kier molecular flexibility index (Phi) is 5.36. The Morgan fingerprint density at radius 3 is 2.62 bits per heavy atom. The van der Waals surface area contributed by atoms with Crippen molar-refractivity contribution in [2.75, 3.05) is 13.1 Å². The van der Waals surface area contributed by atoms with Crippen LogP contribution in [0.5, 0.6) is 0 Å². The summed E-state index contributed by atoms with van der Waals surface area (Å²) in [7, 11) is 0. The van der Waals surface area contributed by atoms with E-state index in [0.717, 1.165) is 36.4 Å². The number of piperidine rings is 1. The third-order valence-electron chi connectivity index (χ3n) is 3.87. The second-order valence-electron chi connectivity index (χ2n) is 5.49. The van der Waals surface area contributed by atoms with Crippen LogP contribution in [0.15, 0.2) is 6.07 Å². The number of nitrogens with one attached hydrogen (secondary N) is 1. The Balaban J connectivity index is 1.89. The van der Waals surface area contributed by atoms with E-state index in [1.165, 1.54) is 17.8 Å². The second-order valence-corrected chi connectivity index (χ2v) is 6.74. The first-order chi connectivity index (χ1) is 9.99. The van der Waals surface area contributed by atoms with Crippen molar-refractivity contribution in [1.29, 1.82) is 0 Å². The van der Waals surface area contributed by atoms with Gasteiger partial charge in [-0.05, 0) is 44.7 Å². The van der Waals surface area contributed by atoms with Gasteiger partial charge in [-0.25, -0.2) is 4.79 Å². The molecule has 0 aromatic carbocycles. The molecule has 0 aliphatic carbocycles. The van der Waals surface area contributed by atoms with Crippen LogP contribution in [0.2, 0.25) is 0 Å². The minimum Gasteiger partial charge on any atom is -0.477 e. The predicted octanol–water partition coefficient (Wildman–Crippen LogP) is 2.25. The minimum atomic E-state index is -0.896. The summed E-state index contributed by atoms with van der Waals surface area (Å²) in [5.74, 6) is -0.757. The zero-order chi connectivity index (χ0) is 15.4. The highest BCUT2D eigenvalue weighted by Crippen LogP contribution is 2.21. The minimum absolute atomic E-state index is 0.140. The predicted molar refractivity (Wildman–Crippen MR) is 82.7 cm³/mol. The van der Waals surface area contributed by atoms with Crippen LogP contribution in [0, 0.1) is 6.92 Å². The number of likely N-dealkylation sites (tertiary alicyclic amines) is 1. The van der Waals surface area contributed by atoms with Gasteiger partial charge in [-0.15, -0.1) is 11.3 Å². The molecule has 1 aliphatic rings. The van der Waals surface area contributed by atoms with Crippen LogP contribution < -0.4 is 5.32 Å². The van der Waals surface area contributed by atoms with E-state index in [0.29, 0.717) is 11.4 Å². The summed E-state index contributed by atoms with van der Waals surface area (Å²) < 4.78 is 0. The summed E-state index contributed by atoms with van der Waals surface area (Å²) in [6, 6.07) is 1.45. The summed E-state index contributed by atoms with van der Waals surface area (Å²) in [5, 5.41) is 12.2. The van der Waals surface area contributed by atoms with Gasteiger partial charge >= 0.3 is 5.97 Å². The Morgan fingerprint density at radius 1 is 1.38 bits per heavy atom. The van der Waals surface area contributed by atoms with Gasteiger partial charge in [-0.1, -0.05) is 0 Å². The van der Waals surface area contributed by atoms with Crippen LogP contribution in [0.3, 0.4) is 0 Å². The Labute approximate surface area is 129 Å². The lowest BCUT2D eigenvalue weighted by Crippen LogP contribution is -2.46. The average Bonchev–Trinajstić information content (AvgIpc) is 2.86. The molecule has 5 nitrogen and oxygen atoms in total. The SMILES string of the molecule is Cc1sc(C(=O)O)cc1CNC(C)C(=O)N1CCCCC1. The Bertz CT molecular complexity index is 521. The van der Waals surface area contributed by atoms with E-state index in [-0.39, 0.29) is 11.9 Å². The molecule has 1 aromatic heterocycles. The van der Waals surface area contributed by atoms with E-state index >= 15 is 0 Å². The molecule has 2 rings (SSSR count). The highest BCUT2D eigenvalue weighted by Gasteiger charge is 2.22. The van der Waals surface area contributed by atoms with Gasteiger partial charge in [0, 0.05) is 24.5 Å². The van der Waals surface area contributed by atoms with Gasteiger partial charge in [-0.2, -0.15) is 0 Å². The molecule has 1 atom stereocenters. The summed E-state index contributed by atoms with van der Waals surface area (Å²) in [6.07, 6.45) is 3.38. The van der Waals surface area contributed by atoms with Crippen LogP contribution in [0.4, 0.5) is 0 Å². The smallest absolute Gasteiger partial charge is 0.345 e. The molecular weight excluding hydrogens is 288 g/mol. The molecule has 1 amide bonds. The molecule has 2 N–H and O–H groups in total. The number of aryl methyl sites for hydroxylation is 1. The van der Waals surface area contributed by atoms with Gasteiger partial charge in [-0.3, -0.25) is 4.79 Å². The topological polar surface area (TPSA) is 69.6 Å². The van der Waals surface area contributed by atoms with E-state index in [1.807, 2.05) is 18.7 Å². The van der Waals surface area contributed by atoms with E-state index in [1.54, 1.807) is 6.07 Å². The lowest BCUT2D eigenvalue weighted by Gasteiger charge is -2.29. The van der Waals surface area contributed by atoms with Crippen molar-refractivity contribution in [2.24, 2.45) is 0 Å². The Morgan fingerprint density at radius 2 is 2.05 bits per heavy atom. The monoisotopic (exact) mass is 310 g/mol. The molecule has 0 saturated carbocycles. The van der Waals surface area contributed by atoms with E-state index in [2.05, 4.69) is 5.32 Å². The maximum absolute atomic E-state index is 12.3. The van der Waals surface area contributed by atoms with Crippen LogP contribution in [0.25, 0.3) is 0 Å². The fourth-order valence-corrected chi connectivity index (χ4v) is 3.42. The van der Waals surface area contributed by atoms with Gasteiger partial charge in [0.25, 0.3) is 0 Å². The molecule has 0 bridgehead atoms. The first kappa shape index (κ1) is 16.0. The molecule has 1 unspecified atom stereocenters. The summed E-state index contributed by atoms with van der Waals surface area (Å²) >= 11 is 1.28. The standard InChI is InChI=1S/C15H22N2O3S/c1-10(14(18)17-6-4-3-5-7-17)16-9-12-8-13(15(19)20)21-11(12)2/h8,10,16H,3-7,9H2,1-2H3,(H,19,20). The van der Waals surface area contributed by atoms with Gasteiger partial charge in [0.2, 0.25) is 5.91 Å². The number of carboxylic acids is 1. The molecule has 6 heteroatoms. The van der Waals surface area contributed by atoms with Crippen LogP contribution >= 0.6 is 11.3 Å². The van der Waals surface area contributed by atoms with Crippen molar-refractivity contribution in [1.82, 2.24) is 10.2 Å². The normalized spacial score (nSPS) is 16.8. The molecular formula is C15H22N2O3S. The summed E-state index contributed by atoms with van der Waals surface area (Å²) in [4.78, 5) is 26.5. The number of carboxylic acid groups (broad SMARTS) is 1. The van der Waals surface area contributed by atoms with E-state index < -0.39 is 5.97 Å². The Hall–Kier alpha value is -1.40. The molecule has 2 heterocycles. The number of nitrogens with zero attached hydrogens (tertiary/aromatic N) is 1. The van der Waals surface area contributed by atoms with Gasteiger partial charge in [0.15, 0.2) is 0 Å². The number of thiophene rings is 1. The zero-order valence-corrected chi connectivity index (χ0v) is 13.3. The molecule has 1 aliphatic heterocycles. The maximum atomic E-state index is 12.3. The summed E-state index contributed by atoms with van der Waals surface area (Å²) in [5.41, 5.74) is 0.954. The average molecular weight is 310 g/mol. The third-order valence-corrected chi connectivity index (χ3v) is 4.95. The fraction of sp³-hybridized carbons (Fsp3) is 0.600. The van der Waals surface area contributed by atoms with E-state index in [4.69, 9.17) is 5.11 Å². The molecule has 21 heavy (non-hydrogen) atoms. The highest BCUT2D eigenvalue weighted by atomic mass is 32.1. The fourth-order valence-electron chi connectivity index (χ4n) is 2.54. The molecule has 116 valence electrons. The number of carbonyl (C=O) groups is 2. The number of rotatable bonds is 5. The lowest BCUT2D eigenvalue weighted by molar-refractivity contribution is -0.133.